The van der Waals surface area contributed by atoms with Crippen molar-refractivity contribution >= 4 is 11.8 Å². The van der Waals surface area contributed by atoms with Crippen LogP contribution in [0.2, 0.25) is 0 Å². The van der Waals surface area contributed by atoms with Gasteiger partial charge in [0.25, 0.3) is 0 Å². The number of rotatable bonds is 5. The molecule has 0 unspecified atom stereocenters. The van der Waals surface area contributed by atoms with Crippen molar-refractivity contribution < 1.29 is 19.1 Å². The van der Waals surface area contributed by atoms with E-state index in [9.17, 15) is 9.59 Å². The summed E-state index contributed by atoms with van der Waals surface area (Å²) in [6.07, 6.45) is 0. The maximum atomic E-state index is 12.0. The predicted octanol–water partition coefficient (Wildman–Crippen LogP) is 3.56. The average Bonchev–Trinajstić information content (AvgIpc) is 2.53. The Morgan fingerprint density at radius 1 is 1.05 bits per heavy atom. The fraction of sp³-hybridized carbons (Fsp3) is 0.222. The van der Waals surface area contributed by atoms with E-state index >= 15 is 0 Å². The number of hydrogen-bond donors (Lipinski definition) is 0. The summed E-state index contributed by atoms with van der Waals surface area (Å²) in [6, 6.07) is 13.0. The van der Waals surface area contributed by atoms with Crippen LogP contribution in [0.4, 0.5) is 0 Å². The van der Waals surface area contributed by atoms with Gasteiger partial charge in [-0.25, -0.2) is 4.79 Å². The molecule has 0 N–H and O–H groups in total. The van der Waals surface area contributed by atoms with Crippen LogP contribution in [0.1, 0.15) is 38.8 Å². The van der Waals surface area contributed by atoms with E-state index < -0.39 is 5.97 Å². The first-order valence-electron chi connectivity index (χ1n) is 6.94. The summed E-state index contributed by atoms with van der Waals surface area (Å²) in [5.41, 5.74) is 2.24. The number of esters is 1. The molecule has 0 aliphatic heterocycles. The van der Waals surface area contributed by atoms with Crippen LogP contribution in [0.5, 0.6) is 5.75 Å². The van der Waals surface area contributed by atoms with E-state index in [0.29, 0.717) is 23.5 Å². The lowest BCUT2D eigenvalue weighted by atomic mass is 9.98. The molecule has 0 spiro atoms. The second-order valence-electron chi connectivity index (χ2n) is 4.93. The Hall–Kier alpha value is -2.62. The molecule has 4 heteroatoms. The van der Waals surface area contributed by atoms with Crippen LogP contribution in [-0.2, 0) is 11.3 Å². The number of carbonyl (C=O) groups is 2. The highest BCUT2D eigenvalue weighted by atomic mass is 16.5. The van der Waals surface area contributed by atoms with Gasteiger partial charge in [-0.05, 0) is 31.5 Å². The normalized spacial score (nSPS) is 10.1. The molecule has 0 bridgehead atoms. The van der Waals surface area contributed by atoms with Gasteiger partial charge in [0.05, 0.1) is 12.7 Å². The number of carbonyl (C=O) groups excluding carboxylic acids is 2. The zero-order valence-corrected chi connectivity index (χ0v) is 12.9. The third-order valence-corrected chi connectivity index (χ3v) is 3.42. The topological polar surface area (TPSA) is 52.6 Å². The Balaban J connectivity index is 2.33. The summed E-state index contributed by atoms with van der Waals surface area (Å²) in [6.45, 7) is 3.56. The standard InChI is InChI=1S/C18H18O4/c1-12-16(22-11-14-7-5-4-6-8-14)10-9-15(13(2)19)17(12)18(20)21-3/h4-10H,11H2,1-3H3. The number of ketones is 1. The Bertz CT molecular complexity index is 690. The van der Waals surface area contributed by atoms with Gasteiger partial charge in [0.2, 0.25) is 0 Å². The first-order chi connectivity index (χ1) is 10.5. The molecule has 2 rings (SSSR count). The lowest BCUT2D eigenvalue weighted by Gasteiger charge is -2.14. The van der Waals surface area contributed by atoms with Gasteiger partial charge >= 0.3 is 5.97 Å². The smallest absolute Gasteiger partial charge is 0.339 e. The largest absolute Gasteiger partial charge is 0.489 e. The van der Waals surface area contributed by atoms with Gasteiger partial charge in [-0.1, -0.05) is 30.3 Å². The van der Waals surface area contributed by atoms with Gasteiger partial charge in [-0.3, -0.25) is 4.79 Å². The third-order valence-electron chi connectivity index (χ3n) is 3.42. The first kappa shape index (κ1) is 15.8. The Labute approximate surface area is 129 Å². The zero-order valence-electron chi connectivity index (χ0n) is 12.9. The Kier molecular flexibility index (Phi) is 4.94. The lowest BCUT2D eigenvalue weighted by Crippen LogP contribution is -2.12. The number of hydrogen-bond acceptors (Lipinski definition) is 4. The lowest BCUT2D eigenvalue weighted by molar-refractivity contribution is 0.0595. The minimum absolute atomic E-state index is 0.182. The van der Waals surface area contributed by atoms with Gasteiger partial charge in [-0.2, -0.15) is 0 Å². The molecule has 0 aliphatic rings. The van der Waals surface area contributed by atoms with Crippen LogP contribution in [0.3, 0.4) is 0 Å². The molecular weight excluding hydrogens is 280 g/mol. The minimum atomic E-state index is -0.534. The summed E-state index contributed by atoms with van der Waals surface area (Å²) < 4.78 is 10.6. The number of methoxy groups -OCH3 is 1. The molecule has 0 aromatic heterocycles. The summed E-state index contributed by atoms with van der Waals surface area (Å²) in [5.74, 6) is -0.153. The Morgan fingerprint density at radius 2 is 1.73 bits per heavy atom. The molecule has 2 aromatic carbocycles. The van der Waals surface area contributed by atoms with Gasteiger partial charge in [0, 0.05) is 11.1 Å². The fourth-order valence-corrected chi connectivity index (χ4v) is 2.24. The second-order valence-corrected chi connectivity index (χ2v) is 4.93. The maximum absolute atomic E-state index is 12.0. The quantitative estimate of drug-likeness (QED) is 0.625. The van der Waals surface area contributed by atoms with Crippen molar-refractivity contribution in [3.63, 3.8) is 0 Å². The van der Waals surface area contributed by atoms with Gasteiger partial charge in [0.1, 0.15) is 12.4 Å². The first-order valence-corrected chi connectivity index (χ1v) is 6.94. The van der Waals surface area contributed by atoms with Crippen molar-refractivity contribution in [2.24, 2.45) is 0 Å². The van der Waals surface area contributed by atoms with Crippen molar-refractivity contribution in [1.29, 1.82) is 0 Å². The molecule has 0 fully saturated rings. The molecule has 0 amide bonds. The molecule has 0 saturated carbocycles. The Morgan fingerprint density at radius 3 is 2.32 bits per heavy atom. The third kappa shape index (κ3) is 3.34. The molecule has 0 radical (unpaired) electrons. The summed E-state index contributed by atoms with van der Waals surface area (Å²) in [5, 5.41) is 0. The highest BCUT2D eigenvalue weighted by molar-refractivity contribution is 6.06. The molecule has 0 aliphatic carbocycles. The van der Waals surface area contributed by atoms with Crippen molar-refractivity contribution in [2.45, 2.75) is 20.5 Å². The monoisotopic (exact) mass is 298 g/mol. The maximum Gasteiger partial charge on any atom is 0.339 e. The highest BCUT2D eigenvalue weighted by Crippen LogP contribution is 2.27. The van der Waals surface area contributed by atoms with Crippen LogP contribution in [0, 0.1) is 6.92 Å². The molecule has 0 atom stereocenters. The minimum Gasteiger partial charge on any atom is -0.489 e. The molecular formula is C18H18O4. The van der Waals surface area contributed by atoms with Crippen LogP contribution >= 0.6 is 0 Å². The molecule has 0 saturated heterocycles. The van der Waals surface area contributed by atoms with E-state index in [1.165, 1.54) is 14.0 Å². The summed E-state index contributed by atoms with van der Waals surface area (Å²) in [7, 11) is 1.29. The number of ether oxygens (including phenoxy) is 2. The van der Waals surface area contributed by atoms with E-state index in [2.05, 4.69) is 0 Å². The van der Waals surface area contributed by atoms with Gasteiger partial charge in [0.15, 0.2) is 5.78 Å². The molecule has 4 nitrogen and oxygen atoms in total. The molecule has 2 aromatic rings. The van der Waals surface area contributed by atoms with Crippen molar-refractivity contribution in [2.75, 3.05) is 7.11 Å². The summed E-state index contributed by atoms with van der Waals surface area (Å²) >= 11 is 0. The van der Waals surface area contributed by atoms with Crippen molar-refractivity contribution in [3.05, 3.63) is 64.7 Å². The van der Waals surface area contributed by atoms with E-state index in [1.807, 2.05) is 30.3 Å². The van der Waals surface area contributed by atoms with Gasteiger partial charge < -0.3 is 9.47 Å². The van der Waals surface area contributed by atoms with E-state index in [-0.39, 0.29) is 11.3 Å². The highest BCUT2D eigenvalue weighted by Gasteiger charge is 2.20. The average molecular weight is 298 g/mol. The van der Waals surface area contributed by atoms with Crippen LogP contribution in [0.25, 0.3) is 0 Å². The number of benzene rings is 2. The zero-order chi connectivity index (χ0) is 16.1. The molecule has 0 heterocycles. The van der Waals surface area contributed by atoms with E-state index in [4.69, 9.17) is 9.47 Å². The predicted molar refractivity (Wildman–Crippen MR) is 83.3 cm³/mol. The second kappa shape index (κ2) is 6.89. The van der Waals surface area contributed by atoms with Crippen LogP contribution in [-0.4, -0.2) is 18.9 Å². The van der Waals surface area contributed by atoms with Crippen molar-refractivity contribution in [1.82, 2.24) is 0 Å². The fourth-order valence-electron chi connectivity index (χ4n) is 2.24. The van der Waals surface area contributed by atoms with Crippen molar-refractivity contribution in [3.8, 4) is 5.75 Å². The van der Waals surface area contributed by atoms with E-state index in [1.54, 1.807) is 19.1 Å². The van der Waals surface area contributed by atoms with E-state index in [0.717, 1.165) is 5.56 Å². The number of Topliss-reactive ketones (excluding diaryl/α,β-unsaturated/α-hetero) is 1. The summed E-state index contributed by atoms with van der Waals surface area (Å²) in [4.78, 5) is 23.6. The van der Waals surface area contributed by atoms with Crippen LogP contribution in [0.15, 0.2) is 42.5 Å². The molecule has 114 valence electrons. The SMILES string of the molecule is COC(=O)c1c(C(C)=O)ccc(OCc2ccccc2)c1C. The molecule has 22 heavy (non-hydrogen) atoms. The van der Waals surface area contributed by atoms with Gasteiger partial charge in [-0.15, -0.1) is 0 Å². The van der Waals surface area contributed by atoms with Crippen LogP contribution < -0.4 is 4.74 Å².